The quantitative estimate of drug-likeness (QED) is 0.161. The lowest BCUT2D eigenvalue weighted by Gasteiger charge is -2.38. The van der Waals surface area contributed by atoms with Crippen LogP contribution in [-0.4, -0.2) is 38.4 Å². The Labute approximate surface area is 326 Å². The molecule has 1 N–H and O–H groups in total. The average molecular weight is 855 g/mol. The highest BCUT2D eigenvalue weighted by atomic mass is 79.9. The smallest absolute Gasteiger partial charge is 0.192 e. The van der Waals surface area contributed by atoms with Crippen molar-refractivity contribution in [3.05, 3.63) is 80.6 Å². The Balaban J connectivity index is 0.000000189. The summed E-state index contributed by atoms with van der Waals surface area (Å²) in [6.07, 6.45) is 12.3. The molecule has 6 nitrogen and oxygen atoms in total. The van der Waals surface area contributed by atoms with Crippen LogP contribution in [0, 0.1) is 19.1 Å². The number of nitrogens with zero attached hydrogens (tertiary/aromatic N) is 3. The standard InChI is InChI=1S/C20H27BrN2OSi.C12H26OSi.C9H5BrN2/c1-20(2,3)25(5,6)24-16-9-8-15(12-16)23-13-18(21)17-11-14(22-4)7-10-19(17)23;1-10-7-8-11(9-10)13-14(5,6)12(2,3)4;1-11-6-2-3-9-7(4-6)8(10)5-12-9/h7,10-11,13,15-16H,8-9,12H2,1-3,5-6H3;10-11H,7-9H2,1-6H3;2-5,12H. The molecule has 51 heavy (non-hydrogen) atoms. The van der Waals surface area contributed by atoms with Gasteiger partial charge in [-0.25, -0.2) is 9.69 Å². The van der Waals surface area contributed by atoms with E-state index in [4.69, 9.17) is 22.0 Å². The van der Waals surface area contributed by atoms with Crippen molar-refractivity contribution in [3.8, 4) is 0 Å². The van der Waals surface area contributed by atoms with Crippen molar-refractivity contribution < 1.29 is 8.85 Å². The van der Waals surface area contributed by atoms with E-state index in [1.165, 1.54) is 24.8 Å². The highest BCUT2D eigenvalue weighted by molar-refractivity contribution is 9.11. The molecule has 0 aliphatic heterocycles. The topological polar surface area (TPSA) is 47.9 Å². The van der Waals surface area contributed by atoms with Crippen molar-refractivity contribution in [2.75, 3.05) is 0 Å². The molecule has 2 aliphatic rings. The Morgan fingerprint density at radius 2 is 1.27 bits per heavy atom. The largest absolute Gasteiger partial charge is 0.414 e. The highest BCUT2D eigenvalue weighted by Crippen LogP contribution is 2.43. The summed E-state index contributed by atoms with van der Waals surface area (Å²) in [4.78, 5) is 9.99. The van der Waals surface area contributed by atoms with Crippen LogP contribution in [0.3, 0.4) is 0 Å². The summed E-state index contributed by atoms with van der Waals surface area (Å²) in [6.45, 7) is 39.7. The van der Waals surface area contributed by atoms with E-state index in [0.29, 0.717) is 34.7 Å². The first-order valence-electron chi connectivity index (χ1n) is 18.3. The lowest BCUT2D eigenvalue weighted by atomic mass is 10.1. The molecule has 4 unspecified atom stereocenters. The highest BCUT2D eigenvalue weighted by Gasteiger charge is 2.42. The lowest BCUT2D eigenvalue weighted by Crippen LogP contribution is -2.43. The van der Waals surface area contributed by atoms with E-state index in [0.717, 1.165) is 50.4 Å². The number of benzene rings is 2. The van der Waals surface area contributed by atoms with E-state index < -0.39 is 16.6 Å². The first-order valence-corrected chi connectivity index (χ1v) is 25.7. The monoisotopic (exact) mass is 852 g/mol. The predicted molar refractivity (Wildman–Crippen MR) is 228 cm³/mol. The molecule has 2 fully saturated rings. The zero-order valence-electron chi connectivity index (χ0n) is 32.6. The molecule has 10 heteroatoms. The van der Waals surface area contributed by atoms with Crippen LogP contribution in [0.5, 0.6) is 0 Å². The van der Waals surface area contributed by atoms with Gasteiger partial charge in [0.2, 0.25) is 0 Å². The zero-order valence-corrected chi connectivity index (χ0v) is 37.8. The summed E-state index contributed by atoms with van der Waals surface area (Å²) in [5.41, 5.74) is 3.62. The van der Waals surface area contributed by atoms with Gasteiger partial charge in [-0.05, 0) is 137 Å². The van der Waals surface area contributed by atoms with Crippen LogP contribution in [0.1, 0.15) is 93.0 Å². The first kappa shape index (κ1) is 41.6. The van der Waals surface area contributed by atoms with Gasteiger partial charge >= 0.3 is 0 Å². The number of rotatable bonds is 5. The summed E-state index contributed by atoms with van der Waals surface area (Å²) in [5.74, 6) is 0.879. The van der Waals surface area contributed by atoms with Crippen molar-refractivity contribution in [2.24, 2.45) is 5.92 Å². The number of aromatic amines is 1. The molecule has 2 aromatic carbocycles. The second kappa shape index (κ2) is 16.4. The van der Waals surface area contributed by atoms with Gasteiger partial charge in [-0.3, -0.25) is 0 Å². The van der Waals surface area contributed by atoms with Crippen LogP contribution in [-0.2, 0) is 8.85 Å². The van der Waals surface area contributed by atoms with E-state index in [1.807, 2.05) is 30.5 Å². The molecule has 0 bridgehead atoms. The van der Waals surface area contributed by atoms with E-state index in [-0.39, 0.29) is 5.04 Å². The van der Waals surface area contributed by atoms with Gasteiger partial charge in [0.05, 0.1) is 13.1 Å². The molecule has 4 atom stereocenters. The van der Waals surface area contributed by atoms with Gasteiger partial charge in [0.15, 0.2) is 28.0 Å². The fourth-order valence-electron chi connectivity index (χ4n) is 6.44. The van der Waals surface area contributed by atoms with E-state index in [2.05, 4.69) is 138 Å². The SMILES string of the molecule is CC1CCC(O[Si](C)(C)C(C)(C)C)C1.[C-]#[N+]c1ccc2[nH]cc(Br)c2c1.[C-]#[N+]c1ccc2c(c1)c(Br)cn2C1CCC(O[Si](C)(C)C(C)(C)C)C1. The van der Waals surface area contributed by atoms with Crippen LogP contribution in [0.25, 0.3) is 31.5 Å². The Bertz CT molecular complexity index is 1890. The van der Waals surface area contributed by atoms with Crippen LogP contribution in [0.2, 0.25) is 36.3 Å². The average Bonchev–Trinajstić information content (AvgIpc) is 3.83. The van der Waals surface area contributed by atoms with Gasteiger partial charge in [0.1, 0.15) is 0 Å². The molecule has 2 heterocycles. The molecule has 2 aromatic heterocycles. The summed E-state index contributed by atoms with van der Waals surface area (Å²) < 4.78 is 17.5. The minimum atomic E-state index is -1.71. The van der Waals surface area contributed by atoms with Crippen LogP contribution >= 0.6 is 31.9 Å². The van der Waals surface area contributed by atoms with Crippen molar-refractivity contribution in [1.29, 1.82) is 0 Å². The van der Waals surface area contributed by atoms with Gasteiger partial charge in [-0.15, -0.1) is 0 Å². The molecular weight excluding hydrogens is 796 g/mol. The predicted octanol–water partition coefficient (Wildman–Crippen LogP) is 14.7. The third kappa shape index (κ3) is 10.3. The Hall–Kier alpha value is -2.19. The fraction of sp³-hybridized carbons (Fsp3) is 0.561. The van der Waals surface area contributed by atoms with E-state index in [9.17, 15) is 0 Å². The summed E-state index contributed by atoms with van der Waals surface area (Å²) in [5, 5.41) is 2.80. The molecule has 0 radical (unpaired) electrons. The van der Waals surface area contributed by atoms with Gasteiger partial charge in [0.25, 0.3) is 0 Å². The zero-order chi connectivity index (χ0) is 37.9. The second-order valence-electron chi connectivity index (χ2n) is 17.6. The first-order chi connectivity index (χ1) is 23.7. The van der Waals surface area contributed by atoms with Crippen LogP contribution < -0.4 is 0 Å². The summed E-state index contributed by atoms with van der Waals surface area (Å²) in [7, 11) is -3.21. The maximum atomic E-state index is 7.21. The minimum absolute atomic E-state index is 0.254. The van der Waals surface area contributed by atoms with Gasteiger partial charge in [0, 0.05) is 61.4 Å². The fourth-order valence-corrected chi connectivity index (χ4v) is 10.2. The molecule has 276 valence electrons. The Morgan fingerprint density at radius 1 is 0.745 bits per heavy atom. The lowest BCUT2D eigenvalue weighted by molar-refractivity contribution is 0.183. The molecule has 0 spiro atoms. The number of fused-ring (bicyclic) bond motifs is 2. The normalized spacial score (nSPS) is 21.1. The molecule has 0 amide bonds. The Kier molecular flexibility index (Phi) is 13.4. The number of halogens is 2. The number of hydrogen-bond acceptors (Lipinski definition) is 2. The molecule has 4 aromatic rings. The summed E-state index contributed by atoms with van der Waals surface area (Å²) >= 11 is 7.07. The molecular formula is C41H58Br2N4O2Si2. The van der Waals surface area contributed by atoms with Crippen molar-refractivity contribution in [3.63, 3.8) is 0 Å². The van der Waals surface area contributed by atoms with Crippen molar-refractivity contribution in [1.82, 2.24) is 9.55 Å². The maximum absolute atomic E-state index is 7.21. The van der Waals surface area contributed by atoms with Gasteiger partial charge < -0.3 is 18.4 Å². The van der Waals surface area contributed by atoms with Crippen LogP contribution in [0.4, 0.5) is 11.4 Å². The van der Waals surface area contributed by atoms with Gasteiger partial charge in [-0.2, -0.15) is 0 Å². The van der Waals surface area contributed by atoms with E-state index >= 15 is 0 Å². The maximum Gasteiger partial charge on any atom is 0.192 e. The third-order valence-corrected chi connectivity index (χ3v) is 21.9. The molecule has 6 rings (SSSR count). The minimum Gasteiger partial charge on any atom is -0.414 e. The summed E-state index contributed by atoms with van der Waals surface area (Å²) in [6, 6.07) is 12.0. The Morgan fingerprint density at radius 3 is 1.80 bits per heavy atom. The van der Waals surface area contributed by atoms with Crippen LogP contribution in [0.15, 0.2) is 57.7 Å². The molecule has 2 saturated carbocycles. The molecule has 2 aliphatic carbocycles. The van der Waals surface area contributed by atoms with Crippen molar-refractivity contribution >= 4 is 81.7 Å². The number of hydrogen-bond donors (Lipinski definition) is 1. The number of nitrogens with one attached hydrogen (secondary N) is 1. The van der Waals surface area contributed by atoms with E-state index in [1.54, 1.807) is 6.07 Å². The molecule has 0 saturated heterocycles. The second-order valence-corrected chi connectivity index (χ2v) is 28.8. The van der Waals surface area contributed by atoms with Gasteiger partial charge in [-0.1, -0.05) is 60.6 Å². The number of aromatic nitrogens is 2. The van der Waals surface area contributed by atoms with Crippen molar-refractivity contribution in [2.45, 2.75) is 142 Å². The number of H-pyrrole nitrogens is 1. The third-order valence-electron chi connectivity index (χ3n) is 11.6.